The van der Waals surface area contributed by atoms with Crippen LogP contribution in [0.4, 0.5) is 5.13 Å². The molecule has 6 nitrogen and oxygen atoms in total. The van der Waals surface area contributed by atoms with E-state index < -0.39 is 0 Å². The van der Waals surface area contributed by atoms with Crippen LogP contribution in [0.1, 0.15) is 27.0 Å². The van der Waals surface area contributed by atoms with Gasteiger partial charge in [0.1, 0.15) is 0 Å². The average Bonchev–Trinajstić information content (AvgIpc) is 3.24. The molecule has 0 aliphatic carbocycles. The number of rotatable bonds is 5. The molecular formula is C23H25ClN4O2S. The average molecular weight is 457 g/mol. The number of thiazole rings is 1. The number of nitrogens with zero attached hydrogens (tertiary/aromatic N) is 4. The number of benzene rings is 2. The molecule has 3 aromatic rings. The molecule has 162 valence electrons. The van der Waals surface area contributed by atoms with Gasteiger partial charge in [-0.1, -0.05) is 23.5 Å². The van der Waals surface area contributed by atoms with E-state index in [4.69, 9.17) is 15.0 Å². The summed E-state index contributed by atoms with van der Waals surface area (Å²) in [5.41, 5.74) is 4.33. The maximum atomic E-state index is 13.4. The molecule has 1 aliphatic rings. The van der Waals surface area contributed by atoms with Crippen molar-refractivity contribution in [2.45, 2.75) is 13.8 Å². The molecule has 1 aliphatic heterocycles. The van der Waals surface area contributed by atoms with Crippen LogP contribution in [0.15, 0.2) is 36.4 Å². The first-order chi connectivity index (χ1) is 14.6. The van der Waals surface area contributed by atoms with Crippen molar-refractivity contribution in [1.29, 1.82) is 5.26 Å². The quantitative estimate of drug-likeness (QED) is 0.575. The number of morpholine rings is 1. The fraction of sp³-hybridized carbons (Fsp3) is 0.348. The molecule has 4 rings (SSSR count). The summed E-state index contributed by atoms with van der Waals surface area (Å²) in [6.07, 6.45) is 0. The largest absolute Gasteiger partial charge is 0.379 e. The van der Waals surface area contributed by atoms with E-state index >= 15 is 0 Å². The lowest BCUT2D eigenvalue weighted by molar-refractivity contribution is 0.0391. The Morgan fingerprint density at radius 2 is 1.84 bits per heavy atom. The van der Waals surface area contributed by atoms with Crippen molar-refractivity contribution in [3.05, 3.63) is 58.7 Å². The first-order valence-corrected chi connectivity index (χ1v) is 10.9. The first kappa shape index (κ1) is 23.2. The molecule has 2 heterocycles. The van der Waals surface area contributed by atoms with Crippen molar-refractivity contribution < 1.29 is 9.53 Å². The van der Waals surface area contributed by atoms with Crippen molar-refractivity contribution in [2.24, 2.45) is 0 Å². The van der Waals surface area contributed by atoms with Crippen molar-refractivity contribution >= 4 is 45.0 Å². The molecule has 31 heavy (non-hydrogen) atoms. The maximum absolute atomic E-state index is 13.4. The van der Waals surface area contributed by atoms with Gasteiger partial charge in [-0.05, 0) is 49.2 Å². The van der Waals surface area contributed by atoms with Gasteiger partial charge in [-0.15, -0.1) is 12.4 Å². The highest BCUT2D eigenvalue weighted by Crippen LogP contribution is 2.33. The summed E-state index contributed by atoms with van der Waals surface area (Å²) < 4.78 is 6.56. The van der Waals surface area contributed by atoms with Gasteiger partial charge in [-0.25, -0.2) is 4.98 Å². The van der Waals surface area contributed by atoms with Gasteiger partial charge in [0, 0.05) is 31.7 Å². The fourth-order valence-electron chi connectivity index (χ4n) is 3.56. The van der Waals surface area contributed by atoms with E-state index in [-0.39, 0.29) is 18.3 Å². The summed E-state index contributed by atoms with van der Waals surface area (Å²) in [6, 6.07) is 13.1. The third-order valence-corrected chi connectivity index (χ3v) is 6.63. The zero-order chi connectivity index (χ0) is 21.1. The Morgan fingerprint density at radius 1 is 1.16 bits per heavy atom. The van der Waals surface area contributed by atoms with E-state index in [1.165, 1.54) is 5.56 Å². The Hall–Kier alpha value is -2.50. The van der Waals surface area contributed by atoms with Gasteiger partial charge >= 0.3 is 0 Å². The van der Waals surface area contributed by atoms with E-state index in [2.05, 4.69) is 30.0 Å². The van der Waals surface area contributed by atoms with E-state index in [9.17, 15) is 4.79 Å². The predicted molar refractivity (Wildman–Crippen MR) is 126 cm³/mol. The third-order valence-electron chi connectivity index (χ3n) is 5.41. The van der Waals surface area contributed by atoms with Crippen molar-refractivity contribution in [3.63, 3.8) is 0 Å². The molecule has 1 amide bonds. The van der Waals surface area contributed by atoms with Crippen LogP contribution in [-0.4, -0.2) is 55.2 Å². The number of aryl methyl sites for hydroxylation is 2. The van der Waals surface area contributed by atoms with Crippen LogP contribution in [0.2, 0.25) is 0 Å². The second-order valence-corrected chi connectivity index (χ2v) is 8.45. The van der Waals surface area contributed by atoms with E-state index in [0.29, 0.717) is 22.8 Å². The molecule has 0 N–H and O–H groups in total. The molecule has 2 aromatic carbocycles. The lowest BCUT2D eigenvalue weighted by Crippen LogP contribution is -2.43. The van der Waals surface area contributed by atoms with Crippen LogP contribution >= 0.6 is 23.7 Å². The van der Waals surface area contributed by atoms with Crippen LogP contribution in [0.5, 0.6) is 0 Å². The number of hydrogen-bond donors (Lipinski definition) is 0. The molecular weight excluding hydrogens is 432 g/mol. The second-order valence-electron chi connectivity index (χ2n) is 7.47. The van der Waals surface area contributed by atoms with Gasteiger partial charge in [-0.3, -0.25) is 14.6 Å². The van der Waals surface area contributed by atoms with E-state index in [0.717, 1.165) is 48.6 Å². The van der Waals surface area contributed by atoms with Crippen LogP contribution < -0.4 is 4.90 Å². The van der Waals surface area contributed by atoms with Gasteiger partial charge in [0.2, 0.25) is 0 Å². The minimum Gasteiger partial charge on any atom is -0.379 e. The van der Waals surface area contributed by atoms with Gasteiger partial charge in [0.15, 0.2) is 5.13 Å². The Bertz CT molecular complexity index is 1060. The monoisotopic (exact) mass is 456 g/mol. The van der Waals surface area contributed by atoms with Crippen LogP contribution in [0, 0.1) is 25.2 Å². The zero-order valence-corrected chi connectivity index (χ0v) is 19.3. The highest BCUT2D eigenvalue weighted by molar-refractivity contribution is 7.22. The van der Waals surface area contributed by atoms with Crippen molar-refractivity contribution in [3.8, 4) is 6.07 Å². The fourth-order valence-corrected chi connectivity index (χ4v) is 4.69. The molecule has 8 heteroatoms. The number of halogens is 1. The number of fused-ring (bicyclic) bond motifs is 1. The summed E-state index contributed by atoms with van der Waals surface area (Å²) in [5, 5.41) is 9.76. The standard InChI is InChI=1S/C23H24N4O2S.ClH/c1-16-3-4-17(2)21-20(16)25-23(30-21)27(10-9-26-11-13-29-14-12-26)22(28)19-7-5-18(15-24)6-8-19;/h3-8H,9-14H2,1-2H3;1H. The summed E-state index contributed by atoms with van der Waals surface area (Å²) in [7, 11) is 0. The number of nitriles is 1. The number of aromatic nitrogens is 1. The lowest BCUT2D eigenvalue weighted by Gasteiger charge is -2.29. The van der Waals surface area contributed by atoms with Gasteiger partial charge in [-0.2, -0.15) is 5.26 Å². The SMILES string of the molecule is Cc1ccc(C)c2sc(N(CCN3CCOCC3)C(=O)c3ccc(C#N)cc3)nc12.Cl. The van der Waals surface area contributed by atoms with Crippen molar-refractivity contribution in [2.75, 3.05) is 44.3 Å². The molecule has 1 fully saturated rings. The topological polar surface area (TPSA) is 69.5 Å². The highest BCUT2D eigenvalue weighted by atomic mass is 35.5. The van der Waals surface area contributed by atoms with Gasteiger partial charge < -0.3 is 4.74 Å². The Labute approximate surface area is 192 Å². The molecule has 0 spiro atoms. The molecule has 0 saturated carbocycles. The van der Waals surface area contributed by atoms with Gasteiger partial charge in [0.25, 0.3) is 5.91 Å². The first-order valence-electron chi connectivity index (χ1n) is 10.1. The normalized spacial score (nSPS) is 14.1. The summed E-state index contributed by atoms with van der Waals surface area (Å²) in [5.74, 6) is -0.0953. The summed E-state index contributed by atoms with van der Waals surface area (Å²) >= 11 is 1.56. The smallest absolute Gasteiger partial charge is 0.260 e. The highest BCUT2D eigenvalue weighted by Gasteiger charge is 2.23. The molecule has 1 aromatic heterocycles. The molecule has 1 saturated heterocycles. The number of amides is 1. The number of carbonyl (C=O) groups excluding carboxylic acids is 1. The lowest BCUT2D eigenvalue weighted by atomic mass is 10.1. The van der Waals surface area contributed by atoms with Crippen LogP contribution in [-0.2, 0) is 4.74 Å². The number of carbonyl (C=O) groups is 1. The van der Waals surface area contributed by atoms with Crippen molar-refractivity contribution in [1.82, 2.24) is 9.88 Å². The molecule has 0 radical (unpaired) electrons. The van der Waals surface area contributed by atoms with E-state index in [1.807, 2.05) is 6.92 Å². The summed E-state index contributed by atoms with van der Waals surface area (Å²) in [6.45, 7) is 8.63. The number of anilines is 1. The minimum atomic E-state index is -0.0953. The Balaban J connectivity index is 0.00000272. The second kappa shape index (κ2) is 10.2. The van der Waals surface area contributed by atoms with E-state index in [1.54, 1.807) is 40.5 Å². The number of ether oxygens (including phenoxy) is 1. The maximum Gasteiger partial charge on any atom is 0.260 e. The van der Waals surface area contributed by atoms with Gasteiger partial charge in [0.05, 0.1) is 35.1 Å². The zero-order valence-electron chi connectivity index (χ0n) is 17.6. The third kappa shape index (κ3) is 5.05. The Kier molecular flexibility index (Phi) is 7.63. The van der Waals surface area contributed by atoms with Crippen LogP contribution in [0.25, 0.3) is 10.2 Å². The number of hydrogen-bond acceptors (Lipinski definition) is 6. The molecule has 0 atom stereocenters. The summed E-state index contributed by atoms with van der Waals surface area (Å²) in [4.78, 5) is 22.4. The molecule has 0 unspecified atom stereocenters. The minimum absolute atomic E-state index is 0. The molecule has 0 bridgehead atoms. The Morgan fingerprint density at radius 3 is 2.48 bits per heavy atom. The van der Waals surface area contributed by atoms with Crippen LogP contribution in [0.3, 0.4) is 0 Å². The predicted octanol–water partition coefficient (Wildman–Crippen LogP) is 4.19.